The van der Waals surface area contributed by atoms with Gasteiger partial charge < -0.3 is 0 Å². The third-order valence-electron chi connectivity index (χ3n) is 7.38. The average molecular weight is 160 g/mol. The maximum absolute atomic E-state index is 2.63. The molecule has 4 bridgehead atoms. The number of rotatable bonds is 0. The van der Waals surface area contributed by atoms with Gasteiger partial charge in [0.2, 0.25) is 0 Å². The highest BCUT2D eigenvalue weighted by Gasteiger charge is 2.92. The van der Waals surface area contributed by atoms with E-state index in [1.807, 2.05) is 0 Å². The summed E-state index contributed by atoms with van der Waals surface area (Å²) in [4.78, 5) is 0. The second kappa shape index (κ2) is 1.07. The molecule has 64 valence electrons. The first kappa shape index (κ1) is 5.67. The van der Waals surface area contributed by atoms with Crippen molar-refractivity contribution in [1.29, 1.82) is 0 Å². The SMILES string of the molecule is C[C@]12[C@H]3[C@@H]4C[C@H]1[C@H]1C[C@@]2(C)[C@H]3[C@H]41. The molecule has 6 fully saturated rings. The van der Waals surface area contributed by atoms with E-state index >= 15 is 0 Å². The summed E-state index contributed by atoms with van der Waals surface area (Å²) >= 11 is 0. The zero-order chi connectivity index (χ0) is 7.88. The molecule has 0 aliphatic heterocycles. The van der Waals surface area contributed by atoms with E-state index in [1.54, 1.807) is 12.8 Å². The van der Waals surface area contributed by atoms with Crippen molar-refractivity contribution in [2.75, 3.05) is 0 Å². The summed E-state index contributed by atoms with van der Waals surface area (Å²) in [5, 5.41) is 0. The fourth-order valence-corrected chi connectivity index (χ4v) is 7.26. The first-order valence-corrected chi connectivity index (χ1v) is 5.69. The first-order valence-electron chi connectivity index (χ1n) is 5.69. The molecule has 12 heavy (non-hydrogen) atoms. The van der Waals surface area contributed by atoms with Crippen LogP contribution in [0.5, 0.6) is 0 Å². The normalized spacial score (nSPS) is 90.5. The molecule has 0 unspecified atom stereocenters. The molecule has 0 heterocycles. The van der Waals surface area contributed by atoms with Gasteiger partial charge in [0.25, 0.3) is 0 Å². The molecule has 0 heteroatoms. The summed E-state index contributed by atoms with van der Waals surface area (Å²) in [7, 11) is 0. The second-order valence-electron chi connectivity index (χ2n) is 6.70. The van der Waals surface area contributed by atoms with Crippen molar-refractivity contribution in [3.8, 4) is 0 Å². The van der Waals surface area contributed by atoms with Crippen LogP contribution in [0, 0.1) is 46.3 Å². The Morgan fingerprint density at radius 3 is 2.58 bits per heavy atom. The molecular weight excluding hydrogens is 144 g/mol. The molecule has 6 aliphatic carbocycles. The molecular formula is C12H16. The molecule has 0 N–H and O–H groups in total. The van der Waals surface area contributed by atoms with Gasteiger partial charge in [-0.3, -0.25) is 0 Å². The van der Waals surface area contributed by atoms with Crippen molar-refractivity contribution in [2.45, 2.75) is 26.7 Å². The van der Waals surface area contributed by atoms with Crippen LogP contribution in [0.3, 0.4) is 0 Å². The number of hydrogen-bond donors (Lipinski definition) is 0. The van der Waals surface area contributed by atoms with Crippen molar-refractivity contribution in [3.63, 3.8) is 0 Å². The van der Waals surface area contributed by atoms with Gasteiger partial charge in [0, 0.05) is 0 Å². The van der Waals surface area contributed by atoms with Gasteiger partial charge >= 0.3 is 0 Å². The highest BCUT2D eigenvalue weighted by molar-refractivity contribution is 5.40. The molecule has 6 aliphatic rings. The van der Waals surface area contributed by atoms with Gasteiger partial charge in [-0.15, -0.1) is 0 Å². The van der Waals surface area contributed by atoms with Gasteiger partial charge in [-0.25, -0.2) is 0 Å². The topological polar surface area (TPSA) is 0 Å². The Labute approximate surface area is 73.7 Å². The summed E-state index contributed by atoms with van der Waals surface area (Å²) < 4.78 is 0. The fourth-order valence-electron chi connectivity index (χ4n) is 7.26. The van der Waals surface area contributed by atoms with Crippen LogP contribution in [-0.4, -0.2) is 0 Å². The fraction of sp³-hybridized carbons (Fsp3) is 1.00. The Bertz CT molecular complexity index is 318. The molecule has 6 saturated carbocycles. The summed E-state index contributed by atoms with van der Waals surface area (Å²) in [6, 6.07) is 0. The Morgan fingerprint density at radius 1 is 1.08 bits per heavy atom. The molecule has 0 aromatic rings. The lowest BCUT2D eigenvalue weighted by molar-refractivity contribution is -0.280. The lowest BCUT2D eigenvalue weighted by atomic mass is 9.29. The van der Waals surface area contributed by atoms with Gasteiger partial charge in [0.05, 0.1) is 0 Å². The highest BCUT2D eigenvalue weighted by atomic mass is 15.0. The van der Waals surface area contributed by atoms with Crippen molar-refractivity contribution in [3.05, 3.63) is 0 Å². The van der Waals surface area contributed by atoms with Crippen molar-refractivity contribution in [2.24, 2.45) is 46.3 Å². The van der Waals surface area contributed by atoms with Crippen LogP contribution in [0.25, 0.3) is 0 Å². The van der Waals surface area contributed by atoms with Gasteiger partial charge in [0.15, 0.2) is 0 Å². The van der Waals surface area contributed by atoms with Gasteiger partial charge in [-0.2, -0.15) is 0 Å². The van der Waals surface area contributed by atoms with Crippen LogP contribution >= 0.6 is 0 Å². The van der Waals surface area contributed by atoms with E-state index in [-0.39, 0.29) is 0 Å². The van der Waals surface area contributed by atoms with Crippen molar-refractivity contribution in [1.82, 2.24) is 0 Å². The maximum Gasteiger partial charge on any atom is -0.0204 e. The van der Waals surface area contributed by atoms with E-state index in [9.17, 15) is 0 Å². The van der Waals surface area contributed by atoms with Crippen LogP contribution < -0.4 is 0 Å². The molecule has 0 spiro atoms. The Hall–Kier alpha value is 0. The Balaban J connectivity index is 1.92. The Kier molecular flexibility index (Phi) is 0.508. The largest absolute Gasteiger partial charge is 0.0588 e. The van der Waals surface area contributed by atoms with Crippen molar-refractivity contribution < 1.29 is 0 Å². The Morgan fingerprint density at radius 2 is 1.92 bits per heavy atom. The van der Waals surface area contributed by atoms with E-state index in [1.165, 1.54) is 35.5 Å². The molecule has 0 saturated heterocycles. The zero-order valence-corrected chi connectivity index (χ0v) is 7.88. The standard InChI is InChI=1S/C12H16/c1-11-4-6-7-3-5-8(6)10(11)9(5)12(7,11)2/h5-10H,3-4H2,1-2H3/t5-,6-,7+,8-,9+,10+,11+,12-/m1/s1. The van der Waals surface area contributed by atoms with Crippen molar-refractivity contribution >= 4 is 0 Å². The molecule has 0 nitrogen and oxygen atoms in total. The minimum absolute atomic E-state index is 0.838. The second-order valence-corrected chi connectivity index (χ2v) is 6.70. The van der Waals surface area contributed by atoms with E-state index in [0.717, 1.165) is 10.8 Å². The van der Waals surface area contributed by atoms with Gasteiger partial charge in [0.1, 0.15) is 0 Å². The summed E-state index contributed by atoms with van der Waals surface area (Å²) in [6.07, 6.45) is 3.26. The molecule has 0 aromatic carbocycles. The molecule has 6 rings (SSSR count). The summed E-state index contributed by atoms with van der Waals surface area (Å²) in [6.45, 7) is 5.25. The highest BCUT2D eigenvalue weighted by Crippen LogP contribution is 2.97. The van der Waals surface area contributed by atoms with Crippen LogP contribution in [-0.2, 0) is 0 Å². The third-order valence-corrected chi connectivity index (χ3v) is 7.38. The van der Waals surface area contributed by atoms with Crippen LogP contribution in [0.2, 0.25) is 0 Å². The third kappa shape index (κ3) is 0.225. The maximum atomic E-state index is 2.63. The van der Waals surface area contributed by atoms with E-state index in [0.29, 0.717) is 0 Å². The van der Waals surface area contributed by atoms with E-state index < -0.39 is 0 Å². The minimum Gasteiger partial charge on any atom is -0.0588 e. The summed E-state index contributed by atoms with van der Waals surface area (Å²) in [5.41, 5.74) is 1.69. The van der Waals surface area contributed by atoms with Crippen LogP contribution in [0.4, 0.5) is 0 Å². The van der Waals surface area contributed by atoms with Gasteiger partial charge in [-0.1, -0.05) is 13.8 Å². The van der Waals surface area contributed by atoms with Gasteiger partial charge in [-0.05, 0) is 59.2 Å². The van der Waals surface area contributed by atoms with Crippen LogP contribution in [0.15, 0.2) is 0 Å². The molecule has 0 radical (unpaired) electrons. The number of hydrogen-bond acceptors (Lipinski definition) is 0. The monoisotopic (exact) mass is 160 g/mol. The lowest BCUT2D eigenvalue weighted by Gasteiger charge is -2.75. The van der Waals surface area contributed by atoms with Crippen LogP contribution in [0.1, 0.15) is 26.7 Å². The lowest BCUT2D eigenvalue weighted by Crippen LogP contribution is -2.71. The minimum atomic E-state index is 0.838. The summed E-state index contributed by atoms with van der Waals surface area (Å²) in [5.74, 6) is 7.30. The zero-order valence-electron chi connectivity index (χ0n) is 7.88. The quantitative estimate of drug-likeness (QED) is 0.511. The van der Waals surface area contributed by atoms with E-state index in [4.69, 9.17) is 0 Å². The first-order chi connectivity index (χ1) is 5.69. The molecule has 8 atom stereocenters. The predicted octanol–water partition coefficient (Wildman–Crippen LogP) is 2.54. The molecule has 0 aromatic heterocycles. The smallest absolute Gasteiger partial charge is 0.0204 e. The average Bonchev–Trinajstić information content (AvgIpc) is 2.39. The molecule has 0 amide bonds. The van der Waals surface area contributed by atoms with E-state index in [2.05, 4.69) is 13.8 Å². The predicted molar refractivity (Wildman–Crippen MR) is 46.4 cm³/mol.